The monoisotopic (exact) mass is 245 g/mol. The maximum absolute atomic E-state index is 5.88. The van der Waals surface area contributed by atoms with Gasteiger partial charge in [-0.15, -0.1) is 0 Å². The lowest BCUT2D eigenvalue weighted by Crippen LogP contribution is -2.17. The second kappa shape index (κ2) is 4.30. The molecule has 1 N–H and O–H groups in total. The number of benzene rings is 2. The minimum Gasteiger partial charge on any atom is -0.490 e. The van der Waals surface area contributed by atoms with Crippen molar-refractivity contribution in [3.05, 3.63) is 47.5 Å². The van der Waals surface area contributed by atoms with Gasteiger partial charge in [0.05, 0.1) is 5.69 Å². The molecule has 0 aliphatic carbocycles. The summed E-state index contributed by atoms with van der Waals surface area (Å²) in [6.45, 7) is 1.59. The van der Waals surface area contributed by atoms with Crippen LogP contribution in [0.1, 0.15) is 0 Å². The summed E-state index contributed by atoms with van der Waals surface area (Å²) in [5.74, 6) is 0.920. The van der Waals surface area contributed by atoms with Gasteiger partial charge >= 0.3 is 0 Å². The number of hydrogen-bond donors (Lipinski definition) is 1. The van der Waals surface area contributed by atoms with E-state index >= 15 is 0 Å². The van der Waals surface area contributed by atoms with Crippen LogP contribution in [0.5, 0.6) is 5.75 Å². The van der Waals surface area contributed by atoms with Gasteiger partial charge in [-0.05, 0) is 35.4 Å². The number of ether oxygens (including phenoxy) is 1. The molecule has 3 heteroatoms. The average molecular weight is 246 g/mol. The summed E-state index contributed by atoms with van der Waals surface area (Å²) in [5, 5.41) is 4.06. The summed E-state index contributed by atoms with van der Waals surface area (Å²) in [4.78, 5) is 0. The van der Waals surface area contributed by atoms with Gasteiger partial charge in [0, 0.05) is 11.6 Å². The van der Waals surface area contributed by atoms with Crippen LogP contribution in [0.2, 0.25) is 5.02 Å². The van der Waals surface area contributed by atoms with Gasteiger partial charge in [-0.25, -0.2) is 0 Å². The van der Waals surface area contributed by atoms with Crippen molar-refractivity contribution in [3.63, 3.8) is 0 Å². The molecule has 0 radical (unpaired) electrons. The van der Waals surface area contributed by atoms with Gasteiger partial charge in [-0.2, -0.15) is 0 Å². The lowest BCUT2D eigenvalue weighted by atomic mass is 10.0. The molecule has 2 aromatic carbocycles. The van der Waals surface area contributed by atoms with E-state index in [0.29, 0.717) is 0 Å². The van der Waals surface area contributed by atoms with Gasteiger partial charge in [0.15, 0.2) is 0 Å². The molecular weight excluding hydrogens is 234 g/mol. The molecule has 1 aliphatic heterocycles. The highest BCUT2D eigenvalue weighted by molar-refractivity contribution is 6.30. The van der Waals surface area contributed by atoms with Crippen molar-refractivity contribution in [2.75, 3.05) is 18.5 Å². The number of anilines is 1. The fourth-order valence-corrected chi connectivity index (χ4v) is 2.08. The Morgan fingerprint density at radius 2 is 1.76 bits per heavy atom. The van der Waals surface area contributed by atoms with Crippen LogP contribution in [0.3, 0.4) is 0 Å². The highest BCUT2D eigenvalue weighted by Gasteiger charge is 2.10. The molecule has 0 saturated heterocycles. The number of hydrogen-bond acceptors (Lipinski definition) is 2. The van der Waals surface area contributed by atoms with E-state index in [0.717, 1.165) is 40.7 Å². The molecule has 0 spiro atoms. The summed E-state index contributed by atoms with van der Waals surface area (Å²) in [6.07, 6.45) is 0. The van der Waals surface area contributed by atoms with E-state index in [-0.39, 0.29) is 0 Å². The second-order valence-corrected chi connectivity index (χ2v) is 4.43. The van der Waals surface area contributed by atoms with E-state index in [1.165, 1.54) is 0 Å². The van der Waals surface area contributed by atoms with Crippen molar-refractivity contribution in [3.8, 4) is 16.9 Å². The molecule has 0 aromatic heterocycles. The molecule has 0 atom stereocenters. The third-order valence-corrected chi connectivity index (χ3v) is 3.09. The summed E-state index contributed by atoms with van der Waals surface area (Å²) in [6, 6.07) is 14.0. The van der Waals surface area contributed by atoms with Gasteiger partial charge in [-0.1, -0.05) is 29.8 Å². The van der Waals surface area contributed by atoms with E-state index in [1.807, 2.05) is 24.3 Å². The van der Waals surface area contributed by atoms with Crippen LogP contribution in [0.4, 0.5) is 5.69 Å². The van der Waals surface area contributed by atoms with Gasteiger partial charge in [0.25, 0.3) is 0 Å². The molecule has 0 saturated carbocycles. The number of nitrogens with one attached hydrogen (secondary N) is 1. The van der Waals surface area contributed by atoms with Crippen molar-refractivity contribution < 1.29 is 4.74 Å². The van der Waals surface area contributed by atoms with Gasteiger partial charge in [0.2, 0.25) is 0 Å². The molecule has 0 bridgehead atoms. The summed E-state index contributed by atoms with van der Waals surface area (Å²) >= 11 is 5.88. The molecule has 0 fully saturated rings. The van der Waals surface area contributed by atoms with E-state index in [1.54, 1.807) is 0 Å². The standard InChI is InChI=1S/C14H12ClNO/c15-12-4-1-10(2-5-12)11-3-6-13-14(9-11)17-8-7-16-13/h1-6,9,16H,7-8H2. The Kier molecular flexibility index (Phi) is 2.65. The van der Waals surface area contributed by atoms with E-state index in [9.17, 15) is 0 Å². The molecule has 0 unspecified atom stereocenters. The van der Waals surface area contributed by atoms with Crippen LogP contribution in [0.25, 0.3) is 11.1 Å². The zero-order valence-corrected chi connectivity index (χ0v) is 10.00. The number of fused-ring (bicyclic) bond motifs is 1. The number of halogens is 1. The first-order chi connectivity index (χ1) is 8.33. The molecule has 2 aromatic rings. The maximum Gasteiger partial charge on any atom is 0.143 e. The van der Waals surface area contributed by atoms with Gasteiger partial charge in [0.1, 0.15) is 12.4 Å². The minimum atomic E-state index is 0.719. The van der Waals surface area contributed by atoms with Crippen LogP contribution in [-0.4, -0.2) is 13.2 Å². The molecule has 17 heavy (non-hydrogen) atoms. The molecule has 3 rings (SSSR count). The third-order valence-electron chi connectivity index (χ3n) is 2.83. The molecular formula is C14H12ClNO. The summed E-state index contributed by atoms with van der Waals surface area (Å²) in [5.41, 5.74) is 3.35. The fourth-order valence-electron chi connectivity index (χ4n) is 1.96. The average Bonchev–Trinajstić information content (AvgIpc) is 2.39. The highest BCUT2D eigenvalue weighted by atomic mass is 35.5. The molecule has 0 amide bonds. The SMILES string of the molecule is Clc1ccc(-c2ccc3c(c2)OCCN3)cc1. The second-order valence-electron chi connectivity index (χ2n) is 3.99. The third kappa shape index (κ3) is 2.08. The lowest BCUT2D eigenvalue weighted by Gasteiger charge is -2.19. The molecule has 1 aliphatic rings. The Hall–Kier alpha value is -1.67. The Labute approximate surface area is 105 Å². The Bertz CT molecular complexity index is 536. The smallest absolute Gasteiger partial charge is 0.143 e. The lowest BCUT2D eigenvalue weighted by molar-refractivity contribution is 0.323. The van der Waals surface area contributed by atoms with Crippen molar-refractivity contribution in [2.45, 2.75) is 0 Å². The molecule has 1 heterocycles. The van der Waals surface area contributed by atoms with Crippen molar-refractivity contribution in [1.82, 2.24) is 0 Å². The van der Waals surface area contributed by atoms with Crippen molar-refractivity contribution >= 4 is 17.3 Å². The van der Waals surface area contributed by atoms with E-state index in [4.69, 9.17) is 16.3 Å². The predicted octanol–water partition coefficient (Wildman–Crippen LogP) is 3.81. The summed E-state index contributed by atoms with van der Waals surface area (Å²) in [7, 11) is 0. The zero-order chi connectivity index (χ0) is 11.7. The largest absolute Gasteiger partial charge is 0.490 e. The Morgan fingerprint density at radius 3 is 2.59 bits per heavy atom. The quantitative estimate of drug-likeness (QED) is 0.825. The minimum absolute atomic E-state index is 0.719. The zero-order valence-electron chi connectivity index (χ0n) is 9.24. The predicted molar refractivity (Wildman–Crippen MR) is 70.9 cm³/mol. The van der Waals surface area contributed by atoms with E-state index < -0.39 is 0 Å². The van der Waals surface area contributed by atoms with Crippen LogP contribution >= 0.6 is 11.6 Å². The van der Waals surface area contributed by atoms with Crippen LogP contribution < -0.4 is 10.1 Å². The van der Waals surface area contributed by atoms with Crippen LogP contribution in [0, 0.1) is 0 Å². The first-order valence-electron chi connectivity index (χ1n) is 5.59. The van der Waals surface area contributed by atoms with Crippen molar-refractivity contribution in [1.29, 1.82) is 0 Å². The Morgan fingerprint density at radius 1 is 1.00 bits per heavy atom. The van der Waals surface area contributed by atoms with Gasteiger partial charge in [-0.3, -0.25) is 0 Å². The normalized spacial score (nSPS) is 13.5. The summed E-state index contributed by atoms with van der Waals surface area (Å²) < 4.78 is 5.62. The van der Waals surface area contributed by atoms with Crippen LogP contribution in [-0.2, 0) is 0 Å². The maximum atomic E-state index is 5.88. The topological polar surface area (TPSA) is 21.3 Å². The highest BCUT2D eigenvalue weighted by Crippen LogP contribution is 2.32. The van der Waals surface area contributed by atoms with Crippen LogP contribution in [0.15, 0.2) is 42.5 Å². The van der Waals surface area contributed by atoms with Gasteiger partial charge < -0.3 is 10.1 Å². The van der Waals surface area contributed by atoms with Crippen molar-refractivity contribution in [2.24, 2.45) is 0 Å². The molecule has 2 nitrogen and oxygen atoms in total. The first-order valence-corrected chi connectivity index (χ1v) is 5.97. The number of rotatable bonds is 1. The first kappa shape index (κ1) is 10.5. The van der Waals surface area contributed by atoms with E-state index in [2.05, 4.69) is 23.5 Å². The fraction of sp³-hybridized carbons (Fsp3) is 0.143. The molecule has 86 valence electrons. The Balaban J connectivity index is 2.01.